The third-order valence-corrected chi connectivity index (χ3v) is 7.32. The molecule has 2 atom stereocenters. The molecule has 0 spiro atoms. The molecule has 1 fully saturated rings. The predicted octanol–water partition coefficient (Wildman–Crippen LogP) is 3.95. The largest absolute Gasteiger partial charge is 0.508 e. The van der Waals surface area contributed by atoms with Crippen LogP contribution in [-0.4, -0.2) is 40.0 Å². The lowest BCUT2D eigenvalue weighted by Gasteiger charge is -2.29. The Morgan fingerprint density at radius 2 is 2.00 bits per heavy atom. The highest BCUT2D eigenvalue weighted by Gasteiger charge is 2.35. The van der Waals surface area contributed by atoms with Gasteiger partial charge in [0.15, 0.2) is 0 Å². The molecule has 1 aliphatic heterocycles. The van der Waals surface area contributed by atoms with Gasteiger partial charge in [0, 0.05) is 18.3 Å². The van der Waals surface area contributed by atoms with E-state index in [0.29, 0.717) is 32.2 Å². The molecule has 0 radical (unpaired) electrons. The van der Waals surface area contributed by atoms with Crippen molar-refractivity contribution in [1.29, 1.82) is 0 Å². The van der Waals surface area contributed by atoms with Crippen LogP contribution in [0.3, 0.4) is 0 Å². The summed E-state index contributed by atoms with van der Waals surface area (Å²) in [5.74, 6) is -0.472. The van der Waals surface area contributed by atoms with Crippen LogP contribution in [0.2, 0.25) is 0 Å². The number of carbonyl (C=O) groups excluding carboxylic acids is 3. The van der Waals surface area contributed by atoms with Gasteiger partial charge in [-0.15, -0.1) is 11.3 Å². The van der Waals surface area contributed by atoms with E-state index in [0.717, 1.165) is 24.8 Å². The molecule has 10 heteroatoms. The first-order chi connectivity index (χ1) is 16.4. The number of hydrogen-bond donors (Lipinski definition) is 4. The maximum Gasteiger partial charge on any atom is 0.331 e. The third kappa shape index (κ3) is 3.65. The van der Waals surface area contributed by atoms with Crippen LogP contribution < -0.4 is 20.9 Å². The first kappa shape index (κ1) is 21.9. The molecule has 2 unspecified atom stereocenters. The maximum atomic E-state index is 13.3. The molecular weight excluding hydrogens is 454 g/mol. The number of amides is 4. The fourth-order valence-corrected chi connectivity index (χ4v) is 5.68. The van der Waals surface area contributed by atoms with Crippen molar-refractivity contribution in [3.8, 4) is 5.75 Å². The molecule has 1 saturated carbocycles. The second-order valence-electron chi connectivity index (χ2n) is 8.38. The van der Waals surface area contributed by atoms with E-state index in [-0.39, 0.29) is 29.6 Å². The predicted molar refractivity (Wildman–Crippen MR) is 131 cm³/mol. The van der Waals surface area contributed by atoms with Gasteiger partial charge in [0.1, 0.15) is 15.5 Å². The van der Waals surface area contributed by atoms with Gasteiger partial charge < -0.3 is 21.1 Å². The summed E-state index contributed by atoms with van der Waals surface area (Å²) in [6.45, 7) is 5.29. The Morgan fingerprint density at radius 3 is 2.74 bits per heavy atom. The van der Waals surface area contributed by atoms with Gasteiger partial charge in [0.2, 0.25) is 5.91 Å². The number of nitrogens with zero attached hydrogens (tertiary/aromatic N) is 2. The first-order valence-electron chi connectivity index (χ1n) is 10.9. The van der Waals surface area contributed by atoms with E-state index < -0.39 is 6.03 Å². The standard InChI is InChI=1S/C24H23N5O4S/c1-3-18(31)26-14-5-4-6-15(14)27-22(32)21-20-19-17(9-10-25-23(19)34-21)29(24(33)28-20)16-8-7-13(30)11-12(16)2/h3,7-11,14-15,30H,1,4-6H2,2H3,(H,26,31)(H,27,32)(H,28,33). The molecule has 3 heterocycles. The topological polar surface area (TPSA) is 124 Å². The van der Waals surface area contributed by atoms with Gasteiger partial charge in [-0.05, 0) is 62.1 Å². The minimum absolute atomic E-state index is 0.114. The zero-order valence-electron chi connectivity index (χ0n) is 18.4. The Kier molecular flexibility index (Phi) is 5.45. The third-order valence-electron chi connectivity index (χ3n) is 6.22. The van der Waals surface area contributed by atoms with Crippen LogP contribution in [0.25, 0.3) is 10.2 Å². The summed E-state index contributed by atoms with van der Waals surface area (Å²) >= 11 is 1.21. The minimum Gasteiger partial charge on any atom is -0.508 e. The molecule has 1 aromatic carbocycles. The second kappa shape index (κ2) is 8.45. The highest BCUT2D eigenvalue weighted by molar-refractivity contribution is 7.21. The van der Waals surface area contributed by atoms with Crippen molar-refractivity contribution < 1.29 is 19.5 Å². The van der Waals surface area contributed by atoms with Gasteiger partial charge >= 0.3 is 6.03 Å². The molecule has 174 valence electrons. The Hall–Kier alpha value is -3.92. The molecule has 0 bridgehead atoms. The van der Waals surface area contributed by atoms with Crippen molar-refractivity contribution in [3.63, 3.8) is 0 Å². The first-order valence-corrected chi connectivity index (χ1v) is 11.7. The van der Waals surface area contributed by atoms with E-state index in [1.165, 1.54) is 28.4 Å². The average Bonchev–Trinajstić information content (AvgIpc) is 3.40. The molecule has 3 aromatic rings. The summed E-state index contributed by atoms with van der Waals surface area (Å²) in [5.41, 5.74) is 2.40. The Labute approximate surface area is 199 Å². The summed E-state index contributed by atoms with van der Waals surface area (Å²) in [5, 5.41) is 19.2. The molecule has 4 N–H and O–H groups in total. The van der Waals surface area contributed by atoms with E-state index in [1.807, 2.05) is 6.92 Å². The summed E-state index contributed by atoms with van der Waals surface area (Å²) in [4.78, 5) is 45.2. The maximum absolute atomic E-state index is 13.3. The molecule has 1 aliphatic carbocycles. The number of phenols is 1. The van der Waals surface area contributed by atoms with Crippen molar-refractivity contribution in [2.45, 2.75) is 38.3 Å². The fraction of sp³-hybridized carbons (Fsp3) is 0.250. The van der Waals surface area contributed by atoms with Gasteiger partial charge in [0.25, 0.3) is 5.91 Å². The number of pyridine rings is 1. The van der Waals surface area contributed by atoms with Crippen LogP contribution in [-0.2, 0) is 4.79 Å². The number of aromatic hydroxyl groups is 1. The number of rotatable bonds is 5. The number of benzene rings is 1. The Balaban J connectivity index is 1.50. The van der Waals surface area contributed by atoms with Gasteiger partial charge in [-0.1, -0.05) is 6.58 Å². The van der Waals surface area contributed by atoms with Crippen molar-refractivity contribution >= 4 is 56.5 Å². The van der Waals surface area contributed by atoms with Crippen LogP contribution in [0.5, 0.6) is 5.75 Å². The number of carbonyl (C=O) groups is 3. The van der Waals surface area contributed by atoms with Crippen LogP contribution in [0, 0.1) is 6.92 Å². The molecule has 4 amide bonds. The smallest absolute Gasteiger partial charge is 0.331 e. The van der Waals surface area contributed by atoms with Crippen molar-refractivity contribution in [3.05, 3.63) is 53.6 Å². The summed E-state index contributed by atoms with van der Waals surface area (Å²) < 4.78 is 0. The molecule has 5 rings (SSSR count). The summed E-state index contributed by atoms with van der Waals surface area (Å²) in [6.07, 6.45) is 5.23. The monoisotopic (exact) mass is 477 g/mol. The lowest BCUT2D eigenvalue weighted by atomic mass is 10.1. The zero-order valence-corrected chi connectivity index (χ0v) is 19.2. The van der Waals surface area contributed by atoms with E-state index in [9.17, 15) is 19.5 Å². The normalized spacial score (nSPS) is 19.1. The molecule has 2 aliphatic rings. The van der Waals surface area contributed by atoms with Gasteiger partial charge in [-0.25, -0.2) is 9.78 Å². The van der Waals surface area contributed by atoms with Crippen molar-refractivity contribution in [1.82, 2.24) is 15.6 Å². The molecular formula is C24H23N5O4S. The molecule has 34 heavy (non-hydrogen) atoms. The number of phenolic OH excluding ortho intramolecular Hbond substituents is 1. The van der Waals surface area contributed by atoms with Gasteiger partial charge in [-0.3, -0.25) is 14.5 Å². The number of aryl methyl sites for hydroxylation is 1. The van der Waals surface area contributed by atoms with Crippen molar-refractivity contribution in [2.75, 3.05) is 10.2 Å². The van der Waals surface area contributed by atoms with E-state index in [4.69, 9.17) is 0 Å². The summed E-state index contributed by atoms with van der Waals surface area (Å²) in [7, 11) is 0. The number of hydrogen-bond acceptors (Lipinski definition) is 6. The van der Waals surface area contributed by atoms with E-state index in [2.05, 4.69) is 27.5 Å². The van der Waals surface area contributed by atoms with Gasteiger partial charge in [0.05, 0.1) is 22.4 Å². The lowest BCUT2D eigenvalue weighted by Crippen LogP contribution is -2.48. The zero-order chi connectivity index (χ0) is 24.0. The van der Waals surface area contributed by atoms with E-state index in [1.54, 1.807) is 24.4 Å². The minimum atomic E-state index is -0.404. The fourth-order valence-electron chi connectivity index (χ4n) is 4.66. The van der Waals surface area contributed by atoms with Gasteiger partial charge in [-0.2, -0.15) is 0 Å². The Bertz CT molecular complexity index is 1350. The van der Waals surface area contributed by atoms with E-state index >= 15 is 0 Å². The lowest BCUT2D eigenvalue weighted by molar-refractivity contribution is -0.117. The SMILES string of the molecule is C=CC(=O)NC1CCCC1NC(=O)c1sc2nccc3c2c1NC(=O)N3c1ccc(O)cc1C. The Morgan fingerprint density at radius 1 is 1.24 bits per heavy atom. The quantitative estimate of drug-likeness (QED) is 0.415. The van der Waals surface area contributed by atoms with Crippen LogP contribution in [0.1, 0.15) is 34.5 Å². The number of urea groups is 1. The van der Waals surface area contributed by atoms with Crippen LogP contribution in [0.15, 0.2) is 43.1 Å². The van der Waals surface area contributed by atoms with Crippen molar-refractivity contribution in [2.24, 2.45) is 0 Å². The average molecular weight is 478 g/mol. The summed E-state index contributed by atoms with van der Waals surface area (Å²) in [6, 6.07) is 5.75. The highest BCUT2D eigenvalue weighted by Crippen LogP contribution is 2.46. The number of nitrogens with one attached hydrogen (secondary N) is 3. The van der Waals surface area contributed by atoms with Crippen LogP contribution in [0.4, 0.5) is 21.9 Å². The molecule has 9 nitrogen and oxygen atoms in total. The van der Waals surface area contributed by atoms with Crippen LogP contribution >= 0.6 is 11.3 Å². The second-order valence-corrected chi connectivity index (χ2v) is 9.38. The molecule has 0 saturated heterocycles. The number of thiophene rings is 1. The number of anilines is 3. The molecule has 2 aromatic heterocycles. The highest BCUT2D eigenvalue weighted by atomic mass is 32.1. The number of aromatic nitrogens is 1.